The van der Waals surface area contributed by atoms with E-state index in [2.05, 4.69) is 20.9 Å². The van der Waals surface area contributed by atoms with Crippen LogP contribution < -0.4 is 4.90 Å². The first-order chi connectivity index (χ1) is 11.2. The predicted octanol–water partition coefficient (Wildman–Crippen LogP) is 5.39. The number of hydrogen-bond acceptors (Lipinski definition) is 3. The number of rotatable bonds is 5. The molecule has 0 atom stereocenters. The van der Waals surface area contributed by atoms with E-state index in [4.69, 9.17) is 0 Å². The number of carbonyl (C=O) groups is 1. The summed E-state index contributed by atoms with van der Waals surface area (Å²) in [4.78, 5) is 19.0. The van der Waals surface area contributed by atoms with E-state index < -0.39 is 0 Å². The van der Waals surface area contributed by atoms with Crippen LogP contribution in [-0.2, 0) is 11.3 Å². The quantitative estimate of drug-likeness (QED) is 0.586. The van der Waals surface area contributed by atoms with Crippen LogP contribution in [0.3, 0.4) is 0 Å². The number of aromatic nitrogens is 1. The van der Waals surface area contributed by atoms with Crippen LogP contribution in [0.2, 0.25) is 0 Å². The minimum absolute atomic E-state index is 0.120. The SMILES string of the molecule is CCCC(=O)N(Cc1ccccc1)c1nc2ccc(Br)cc2s1. The molecule has 0 aliphatic carbocycles. The van der Waals surface area contributed by atoms with Crippen LogP contribution in [0.25, 0.3) is 10.2 Å². The Kier molecular flexibility index (Phi) is 5.08. The summed E-state index contributed by atoms with van der Waals surface area (Å²) in [5, 5.41) is 0.764. The molecule has 0 fully saturated rings. The standard InChI is InChI=1S/C18H17BrN2OS/c1-2-6-17(22)21(12-13-7-4-3-5-8-13)18-20-15-10-9-14(19)11-16(15)23-18/h3-5,7-11H,2,6,12H2,1H3. The normalized spacial score (nSPS) is 10.9. The molecule has 0 bridgehead atoms. The first-order valence-corrected chi connectivity index (χ1v) is 9.18. The van der Waals surface area contributed by atoms with Gasteiger partial charge in [-0.15, -0.1) is 0 Å². The molecule has 0 spiro atoms. The van der Waals surface area contributed by atoms with Crippen molar-refractivity contribution >= 4 is 48.5 Å². The fraction of sp³-hybridized carbons (Fsp3) is 0.222. The Bertz CT molecular complexity index is 816. The van der Waals surface area contributed by atoms with Crippen LogP contribution in [0.5, 0.6) is 0 Å². The largest absolute Gasteiger partial charge is 0.284 e. The summed E-state index contributed by atoms with van der Waals surface area (Å²) in [7, 11) is 0. The van der Waals surface area contributed by atoms with E-state index in [1.54, 1.807) is 16.2 Å². The summed E-state index contributed by atoms with van der Waals surface area (Å²) in [5.41, 5.74) is 2.04. The van der Waals surface area contributed by atoms with Gasteiger partial charge in [0, 0.05) is 10.9 Å². The zero-order valence-corrected chi connectivity index (χ0v) is 15.2. The molecule has 3 nitrogen and oxygen atoms in total. The van der Waals surface area contributed by atoms with Crippen molar-refractivity contribution < 1.29 is 4.79 Å². The second-order valence-corrected chi connectivity index (χ2v) is 7.25. The maximum atomic E-state index is 12.6. The molecule has 0 aliphatic heterocycles. The molecule has 3 aromatic rings. The Morgan fingerprint density at radius 1 is 1.22 bits per heavy atom. The molecule has 1 heterocycles. The lowest BCUT2D eigenvalue weighted by molar-refractivity contribution is -0.118. The Hall–Kier alpha value is -1.72. The topological polar surface area (TPSA) is 33.2 Å². The fourth-order valence-electron chi connectivity index (χ4n) is 2.38. The summed E-state index contributed by atoms with van der Waals surface area (Å²) in [6, 6.07) is 16.0. The molecule has 0 saturated carbocycles. The van der Waals surface area contributed by atoms with Gasteiger partial charge in [0.05, 0.1) is 16.8 Å². The van der Waals surface area contributed by atoms with Crippen molar-refractivity contribution in [3.63, 3.8) is 0 Å². The van der Waals surface area contributed by atoms with Gasteiger partial charge in [-0.3, -0.25) is 9.69 Å². The van der Waals surface area contributed by atoms with Crippen LogP contribution in [0.15, 0.2) is 53.0 Å². The van der Waals surface area contributed by atoms with Crippen molar-refractivity contribution in [3.05, 3.63) is 58.6 Å². The molecule has 1 aromatic heterocycles. The highest BCUT2D eigenvalue weighted by atomic mass is 79.9. The number of halogens is 1. The molecule has 5 heteroatoms. The maximum Gasteiger partial charge on any atom is 0.229 e. The molecule has 0 unspecified atom stereocenters. The van der Waals surface area contributed by atoms with E-state index in [-0.39, 0.29) is 5.91 Å². The van der Waals surface area contributed by atoms with E-state index in [0.717, 1.165) is 31.8 Å². The number of hydrogen-bond donors (Lipinski definition) is 0. The monoisotopic (exact) mass is 388 g/mol. The predicted molar refractivity (Wildman–Crippen MR) is 99.9 cm³/mol. The molecule has 0 aliphatic rings. The summed E-state index contributed by atoms with van der Waals surface area (Å²) in [5.74, 6) is 0.120. The lowest BCUT2D eigenvalue weighted by Gasteiger charge is -2.19. The first kappa shape index (κ1) is 16.1. The zero-order valence-electron chi connectivity index (χ0n) is 12.8. The Labute approximate surface area is 148 Å². The number of benzene rings is 2. The average Bonchev–Trinajstić information content (AvgIpc) is 2.96. The van der Waals surface area contributed by atoms with Crippen molar-refractivity contribution in [2.45, 2.75) is 26.3 Å². The lowest BCUT2D eigenvalue weighted by atomic mass is 10.2. The number of fused-ring (bicyclic) bond motifs is 1. The zero-order chi connectivity index (χ0) is 16.2. The Balaban J connectivity index is 1.97. The number of carbonyl (C=O) groups excluding carboxylic acids is 1. The van der Waals surface area contributed by atoms with E-state index in [9.17, 15) is 4.79 Å². The van der Waals surface area contributed by atoms with Crippen molar-refractivity contribution in [1.82, 2.24) is 4.98 Å². The van der Waals surface area contributed by atoms with Gasteiger partial charge < -0.3 is 0 Å². The summed E-state index contributed by atoms with van der Waals surface area (Å²) < 4.78 is 2.10. The van der Waals surface area contributed by atoms with Crippen LogP contribution in [0, 0.1) is 0 Å². The summed E-state index contributed by atoms with van der Waals surface area (Å²) in [6.07, 6.45) is 1.37. The Morgan fingerprint density at radius 2 is 2.00 bits per heavy atom. The second kappa shape index (κ2) is 7.23. The van der Waals surface area contributed by atoms with Gasteiger partial charge in [-0.25, -0.2) is 4.98 Å². The number of thiazole rings is 1. The van der Waals surface area contributed by atoms with Crippen molar-refractivity contribution in [1.29, 1.82) is 0 Å². The molecule has 0 saturated heterocycles. The fourth-order valence-corrected chi connectivity index (χ4v) is 3.91. The molecule has 0 radical (unpaired) electrons. The number of amides is 1. The first-order valence-electron chi connectivity index (χ1n) is 7.57. The maximum absolute atomic E-state index is 12.6. The van der Waals surface area contributed by atoms with Crippen molar-refractivity contribution in [2.24, 2.45) is 0 Å². The second-order valence-electron chi connectivity index (χ2n) is 5.32. The van der Waals surface area contributed by atoms with Crippen LogP contribution >= 0.6 is 27.3 Å². The van der Waals surface area contributed by atoms with Gasteiger partial charge in [-0.2, -0.15) is 0 Å². The molecule has 23 heavy (non-hydrogen) atoms. The highest BCUT2D eigenvalue weighted by Crippen LogP contribution is 2.32. The van der Waals surface area contributed by atoms with Gasteiger partial charge in [-0.1, -0.05) is 64.5 Å². The van der Waals surface area contributed by atoms with Gasteiger partial charge in [0.2, 0.25) is 5.91 Å². The van der Waals surface area contributed by atoms with Gasteiger partial charge in [-0.05, 0) is 30.2 Å². The van der Waals surface area contributed by atoms with E-state index >= 15 is 0 Å². The van der Waals surface area contributed by atoms with Crippen molar-refractivity contribution in [3.8, 4) is 0 Å². The third-order valence-electron chi connectivity index (χ3n) is 3.52. The molecular formula is C18H17BrN2OS. The average molecular weight is 389 g/mol. The van der Waals surface area contributed by atoms with Gasteiger partial charge in [0.25, 0.3) is 0 Å². The molecule has 2 aromatic carbocycles. The third kappa shape index (κ3) is 3.79. The van der Waals surface area contributed by atoms with Gasteiger partial charge in [0.1, 0.15) is 0 Å². The Morgan fingerprint density at radius 3 is 2.74 bits per heavy atom. The highest BCUT2D eigenvalue weighted by molar-refractivity contribution is 9.10. The van der Waals surface area contributed by atoms with Crippen LogP contribution in [-0.4, -0.2) is 10.9 Å². The highest BCUT2D eigenvalue weighted by Gasteiger charge is 2.19. The van der Waals surface area contributed by atoms with Gasteiger partial charge in [0.15, 0.2) is 5.13 Å². The molecular weight excluding hydrogens is 372 g/mol. The molecule has 118 valence electrons. The van der Waals surface area contributed by atoms with E-state index in [0.29, 0.717) is 13.0 Å². The minimum Gasteiger partial charge on any atom is -0.284 e. The van der Waals surface area contributed by atoms with Crippen LogP contribution in [0.1, 0.15) is 25.3 Å². The minimum atomic E-state index is 0.120. The van der Waals surface area contributed by atoms with Gasteiger partial charge >= 0.3 is 0 Å². The molecule has 3 rings (SSSR count). The van der Waals surface area contributed by atoms with Crippen LogP contribution in [0.4, 0.5) is 5.13 Å². The summed E-state index contributed by atoms with van der Waals surface area (Å²) in [6.45, 7) is 2.58. The number of nitrogens with zero attached hydrogens (tertiary/aromatic N) is 2. The third-order valence-corrected chi connectivity index (χ3v) is 5.05. The lowest BCUT2D eigenvalue weighted by Crippen LogP contribution is -2.29. The molecule has 1 amide bonds. The number of anilines is 1. The smallest absolute Gasteiger partial charge is 0.229 e. The van der Waals surface area contributed by atoms with E-state index in [1.807, 2.05) is 55.5 Å². The van der Waals surface area contributed by atoms with Crippen molar-refractivity contribution in [2.75, 3.05) is 4.90 Å². The molecule has 0 N–H and O–H groups in total. The van der Waals surface area contributed by atoms with E-state index in [1.165, 1.54) is 0 Å². The summed E-state index contributed by atoms with van der Waals surface area (Å²) >= 11 is 5.04.